The maximum atomic E-state index is 13.5. The highest BCUT2D eigenvalue weighted by molar-refractivity contribution is 5.87. The molecule has 5 heteroatoms. The summed E-state index contributed by atoms with van der Waals surface area (Å²) >= 11 is 0. The number of carbonyl (C=O) groups excluding carboxylic acids is 2. The second kappa shape index (κ2) is 8.46. The Balaban J connectivity index is 1.56. The van der Waals surface area contributed by atoms with Crippen LogP contribution in [0, 0.1) is 11.3 Å². The summed E-state index contributed by atoms with van der Waals surface area (Å²) in [4.78, 5) is 27.7. The van der Waals surface area contributed by atoms with Crippen molar-refractivity contribution in [2.45, 2.75) is 44.6 Å². The molecule has 1 spiro atoms. The fourth-order valence-corrected chi connectivity index (χ4v) is 5.41. The normalized spacial score (nSPS) is 22.8. The van der Waals surface area contributed by atoms with Crippen LogP contribution in [0.3, 0.4) is 0 Å². The van der Waals surface area contributed by atoms with E-state index >= 15 is 0 Å². The molecule has 4 rings (SSSR count). The fourth-order valence-electron chi connectivity index (χ4n) is 5.41. The minimum Gasteiger partial charge on any atom is -0.375 e. The SMILES string of the molecule is CC(C)[C@@](O)(C(=O)N1CCC2(CC1)CC(=O)NC[C@H]2c1ccccc1)c1ccccc1. The van der Waals surface area contributed by atoms with Crippen LogP contribution >= 0.6 is 0 Å². The van der Waals surface area contributed by atoms with Crippen molar-refractivity contribution in [2.75, 3.05) is 19.6 Å². The summed E-state index contributed by atoms with van der Waals surface area (Å²) in [5.41, 5.74) is 0.178. The molecule has 2 N–H and O–H groups in total. The van der Waals surface area contributed by atoms with Crippen LogP contribution in [0.15, 0.2) is 60.7 Å². The summed E-state index contributed by atoms with van der Waals surface area (Å²) in [6, 6.07) is 19.6. The largest absolute Gasteiger partial charge is 0.375 e. The van der Waals surface area contributed by atoms with Crippen LogP contribution in [0.1, 0.15) is 50.2 Å². The molecule has 0 unspecified atom stereocenters. The van der Waals surface area contributed by atoms with Crippen LogP contribution in [0.25, 0.3) is 0 Å². The Hall–Kier alpha value is -2.66. The first-order valence-corrected chi connectivity index (χ1v) is 11.3. The summed E-state index contributed by atoms with van der Waals surface area (Å²) in [5.74, 6) is -0.160. The molecule has 164 valence electrons. The summed E-state index contributed by atoms with van der Waals surface area (Å²) in [6.45, 7) is 5.51. The zero-order valence-corrected chi connectivity index (χ0v) is 18.4. The fraction of sp³-hybridized carbons (Fsp3) is 0.462. The zero-order valence-electron chi connectivity index (χ0n) is 18.4. The maximum Gasteiger partial charge on any atom is 0.259 e. The Morgan fingerprint density at radius 3 is 2.23 bits per heavy atom. The molecule has 2 heterocycles. The molecule has 2 aromatic rings. The topological polar surface area (TPSA) is 69.6 Å². The Morgan fingerprint density at radius 2 is 1.65 bits per heavy atom. The lowest BCUT2D eigenvalue weighted by molar-refractivity contribution is -0.161. The lowest BCUT2D eigenvalue weighted by atomic mass is 9.62. The molecular weight excluding hydrogens is 388 g/mol. The van der Waals surface area contributed by atoms with Crippen molar-refractivity contribution in [3.05, 3.63) is 71.8 Å². The molecule has 0 aromatic heterocycles. The van der Waals surface area contributed by atoms with Gasteiger partial charge in [0.15, 0.2) is 5.60 Å². The first-order valence-electron chi connectivity index (χ1n) is 11.3. The molecule has 31 heavy (non-hydrogen) atoms. The van der Waals surface area contributed by atoms with Crippen LogP contribution in [0.5, 0.6) is 0 Å². The number of benzene rings is 2. The monoisotopic (exact) mass is 420 g/mol. The van der Waals surface area contributed by atoms with Gasteiger partial charge in [0.2, 0.25) is 5.91 Å². The standard InChI is InChI=1S/C26H32N2O3/c1-19(2)26(31,21-11-7-4-8-12-21)24(30)28-15-13-25(14-16-28)17-23(29)27-18-22(25)20-9-5-3-6-10-20/h3-12,19,22,31H,13-18H2,1-2H3,(H,27,29)/t22-,26-/m0/s1. The van der Waals surface area contributed by atoms with Crippen molar-refractivity contribution in [1.82, 2.24) is 10.2 Å². The van der Waals surface area contributed by atoms with E-state index in [0.29, 0.717) is 31.6 Å². The lowest BCUT2D eigenvalue weighted by Crippen LogP contribution is -2.56. The summed E-state index contributed by atoms with van der Waals surface area (Å²) in [6.07, 6.45) is 2.01. The van der Waals surface area contributed by atoms with Gasteiger partial charge in [0, 0.05) is 32.0 Å². The van der Waals surface area contributed by atoms with E-state index in [1.54, 1.807) is 4.90 Å². The van der Waals surface area contributed by atoms with Crippen molar-refractivity contribution >= 4 is 11.8 Å². The van der Waals surface area contributed by atoms with Crippen LogP contribution in [0.2, 0.25) is 0 Å². The van der Waals surface area contributed by atoms with Crippen molar-refractivity contribution in [2.24, 2.45) is 11.3 Å². The van der Waals surface area contributed by atoms with Crippen molar-refractivity contribution in [3.63, 3.8) is 0 Å². The second-order valence-corrected chi connectivity index (χ2v) is 9.39. The first kappa shape index (κ1) is 21.6. The molecule has 2 aliphatic rings. The van der Waals surface area contributed by atoms with Gasteiger partial charge in [-0.1, -0.05) is 74.5 Å². The molecule has 2 amide bonds. The molecule has 2 atom stereocenters. The number of hydrogen-bond acceptors (Lipinski definition) is 3. The van der Waals surface area contributed by atoms with E-state index in [4.69, 9.17) is 0 Å². The summed E-state index contributed by atoms with van der Waals surface area (Å²) in [7, 11) is 0. The molecule has 2 fully saturated rings. The predicted octanol–water partition coefficient (Wildman–Crippen LogP) is 3.44. The van der Waals surface area contributed by atoms with Crippen molar-refractivity contribution in [1.29, 1.82) is 0 Å². The smallest absolute Gasteiger partial charge is 0.259 e. The van der Waals surface area contributed by atoms with Crippen LogP contribution in [-0.2, 0) is 15.2 Å². The minimum absolute atomic E-state index is 0.0925. The average Bonchev–Trinajstić information content (AvgIpc) is 2.79. The molecule has 2 aromatic carbocycles. The maximum absolute atomic E-state index is 13.5. The van der Waals surface area contributed by atoms with E-state index in [1.807, 2.05) is 62.4 Å². The molecular formula is C26H32N2O3. The van der Waals surface area contributed by atoms with E-state index in [9.17, 15) is 14.7 Å². The highest BCUT2D eigenvalue weighted by Crippen LogP contribution is 2.49. The van der Waals surface area contributed by atoms with Gasteiger partial charge in [0.05, 0.1) is 0 Å². The Bertz CT molecular complexity index is 920. The van der Waals surface area contributed by atoms with E-state index in [0.717, 1.165) is 12.8 Å². The number of hydrogen-bond donors (Lipinski definition) is 2. The second-order valence-electron chi connectivity index (χ2n) is 9.39. The number of amides is 2. The third-order valence-electron chi connectivity index (χ3n) is 7.38. The van der Waals surface area contributed by atoms with Gasteiger partial charge in [-0.15, -0.1) is 0 Å². The number of nitrogens with one attached hydrogen (secondary N) is 1. The van der Waals surface area contributed by atoms with Crippen LogP contribution in [-0.4, -0.2) is 41.5 Å². The molecule has 0 saturated carbocycles. The number of nitrogens with zero attached hydrogens (tertiary/aromatic N) is 1. The Labute approximate surface area is 184 Å². The van der Waals surface area contributed by atoms with Gasteiger partial charge >= 0.3 is 0 Å². The summed E-state index contributed by atoms with van der Waals surface area (Å²) < 4.78 is 0. The van der Waals surface area contributed by atoms with Gasteiger partial charge < -0.3 is 15.3 Å². The molecule has 0 bridgehead atoms. The summed E-state index contributed by atoms with van der Waals surface area (Å²) in [5, 5.41) is 14.5. The Kier molecular flexibility index (Phi) is 5.89. The quantitative estimate of drug-likeness (QED) is 0.796. The molecule has 5 nitrogen and oxygen atoms in total. The van der Waals surface area contributed by atoms with E-state index in [2.05, 4.69) is 17.4 Å². The van der Waals surface area contributed by atoms with Gasteiger partial charge in [-0.2, -0.15) is 0 Å². The molecule has 2 aliphatic heterocycles. The first-order chi connectivity index (χ1) is 14.9. The average molecular weight is 421 g/mol. The number of aliphatic hydroxyl groups is 1. The third kappa shape index (κ3) is 3.87. The Morgan fingerprint density at radius 1 is 1.06 bits per heavy atom. The molecule has 0 radical (unpaired) electrons. The van der Waals surface area contributed by atoms with E-state index in [-0.39, 0.29) is 29.1 Å². The van der Waals surface area contributed by atoms with Gasteiger partial charge in [-0.05, 0) is 35.3 Å². The van der Waals surface area contributed by atoms with Crippen LogP contribution in [0.4, 0.5) is 0 Å². The van der Waals surface area contributed by atoms with E-state index in [1.165, 1.54) is 5.56 Å². The number of piperidine rings is 2. The van der Waals surface area contributed by atoms with Crippen LogP contribution < -0.4 is 5.32 Å². The predicted molar refractivity (Wildman–Crippen MR) is 120 cm³/mol. The number of carbonyl (C=O) groups is 2. The van der Waals surface area contributed by atoms with Gasteiger partial charge in [-0.25, -0.2) is 0 Å². The molecule has 0 aliphatic carbocycles. The highest BCUT2D eigenvalue weighted by Gasteiger charge is 2.50. The number of likely N-dealkylation sites (tertiary alicyclic amines) is 1. The van der Waals surface area contributed by atoms with Gasteiger partial charge in [-0.3, -0.25) is 9.59 Å². The minimum atomic E-state index is -1.55. The third-order valence-corrected chi connectivity index (χ3v) is 7.38. The van der Waals surface area contributed by atoms with Crippen molar-refractivity contribution < 1.29 is 14.7 Å². The molecule has 2 saturated heterocycles. The lowest BCUT2D eigenvalue weighted by Gasteiger charge is -2.50. The van der Waals surface area contributed by atoms with Gasteiger partial charge in [0.1, 0.15) is 0 Å². The number of rotatable bonds is 4. The van der Waals surface area contributed by atoms with E-state index < -0.39 is 5.60 Å². The zero-order chi connectivity index (χ0) is 22.1. The highest BCUT2D eigenvalue weighted by atomic mass is 16.3. The van der Waals surface area contributed by atoms with Gasteiger partial charge in [0.25, 0.3) is 5.91 Å². The van der Waals surface area contributed by atoms with Crippen molar-refractivity contribution in [3.8, 4) is 0 Å².